The Labute approximate surface area is 113 Å². The molecule has 2 aromatic rings. The van der Waals surface area contributed by atoms with E-state index in [-0.39, 0.29) is 0 Å². The molecular weight excluding hydrogens is 266 g/mol. The van der Waals surface area contributed by atoms with Crippen LogP contribution >= 0.6 is 0 Å². The Kier molecular flexibility index (Phi) is 4.31. The molecule has 1 unspecified atom stereocenters. The normalized spacial score (nSPS) is 12.4. The van der Waals surface area contributed by atoms with Gasteiger partial charge in [0.1, 0.15) is 5.75 Å². The SMILES string of the molecule is COc1ccc(Cn2ncc(C)c2S(=O)ON)cc1. The van der Waals surface area contributed by atoms with E-state index in [1.807, 2.05) is 31.2 Å². The summed E-state index contributed by atoms with van der Waals surface area (Å²) < 4.78 is 22.8. The van der Waals surface area contributed by atoms with Crippen LogP contribution in [0.4, 0.5) is 0 Å². The molecule has 0 aliphatic heterocycles. The average Bonchev–Trinajstić information content (AvgIpc) is 2.80. The lowest BCUT2D eigenvalue weighted by Crippen LogP contribution is -2.12. The molecule has 0 spiro atoms. The Bertz CT molecular complexity index is 580. The smallest absolute Gasteiger partial charge is 0.225 e. The number of aryl methyl sites for hydroxylation is 1. The quantitative estimate of drug-likeness (QED) is 0.832. The van der Waals surface area contributed by atoms with Crippen molar-refractivity contribution in [3.63, 3.8) is 0 Å². The van der Waals surface area contributed by atoms with Gasteiger partial charge in [-0.1, -0.05) is 12.1 Å². The van der Waals surface area contributed by atoms with Crippen molar-refractivity contribution in [3.05, 3.63) is 41.6 Å². The lowest BCUT2D eigenvalue weighted by Gasteiger charge is -2.07. The highest BCUT2D eigenvalue weighted by Crippen LogP contribution is 2.16. The third-order valence-corrected chi connectivity index (χ3v) is 3.72. The van der Waals surface area contributed by atoms with Gasteiger partial charge in [-0.3, -0.25) is 0 Å². The highest BCUT2D eigenvalue weighted by atomic mass is 32.2. The fraction of sp³-hybridized carbons (Fsp3) is 0.250. The van der Waals surface area contributed by atoms with Gasteiger partial charge in [0.2, 0.25) is 11.1 Å². The molecule has 2 N–H and O–H groups in total. The van der Waals surface area contributed by atoms with Gasteiger partial charge in [0.25, 0.3) is 0 Å². The number of rotatable bonds is 5. The first-order chi connectivity index (χ1) is 9.15. The number of aromatic nitrogens is 2. The van der Waals surface area contributed by atoms with Crippen LogP contribution in [0.15, 0.2) is 35.5 Å². The van der Waals surface area contributed by atoms with Crippen LogP contribution in [0, 0.1) is 6.92 Å². The van der Waals surface area contributed by atoms with Gasteiger partial charge in [0.15, 0.2) is 5.03 Å². The summed E-state index contributed by atoms with van der Waals surface area (Å²) in [5.41, 5.74) is 1.79. The van der Waals surface area contributed by atoms with Crippen LogP contribution in [0.3, 0.4) is 0 Å². The van der Waals surface area contributed by atoms with Crippen LogP contribution in [0.25, 0.3) is 0 Å². The number of benzene rings is 1. The zero-order chi connectivity index (χ0) is 13.8. The van der Waals surface area contributed by atoms with Gasteiger partial charge >= 0.3 is 0 Å². The Morgan fingerprint density at radius 1 is 1.37 bits per heavy atom. The molecule has 0 amide bonds. The van der Waals surface area contributed by atoms with Gasteiger partial charge in [-0.15, -0.1) is 0 Å². The Hall–Kier alpha value is -1.70. The van der Waals surface area contributed by atoms with Crippen LogP contribution in [-0.2, 0) is 21.9 Å². The maximum atomic E-state index is 11.7. The number of hydrogen-bond acceptors (Lipinski definition) is 5. The van der Waals surface area contributed by atoms with E-state index < -0.39 is 11.1 Å². The second-order valence-corrected chi connectivity index (χ2v) is 5.02. The lowest BCUT2D eigenvalue weighted by atomic mass is 10.2. The van der Waals surface area contributed by atoms with Crippen molar-refractivity contribution >= 4 is 11.1 Å². The van der Waals surface area contributed by atoms with E-state index in [2.05, 4.69) is 9.38 Å². The number of nitrogens with two attached hydrogens (primary N) is 1. The molecule has 1 aromatic heterocycles. The molecule has 2 rings (SSSR count). The van der Waals surface area contributed by atoms with Crippen LogP contribution in [0.2, 0.25) is 0 Å². The molecule has 0 fully saturated rings. The Morgan fingerprint density at radius 2 is 2.05 bits per heavy atom. The standard InChI is InChI=1S/C12H15N3O3S/c1-9-7-14-15(12(9)19(16)18-13)8-10-3-5-11(17-2)6-4-10/h3-7H,8,13H2,1-2H3. The maximum Gasteiger partial charge on any atom is 0.225 e. The van der Waals surface area contributed by atoms with Crippen LogP contribution in [0.5, 0.6) is 5.75 Å². The minimum absolute atomic E-state index is 0.471. The summed E-state index contributed by atoms with van der Waals surface area (Å²) in [6, 6.07) is 7.57. The van der Waals surface area contributed by atoms with E-state index >= 15 is 0 Å². The minimum atomic E-state index is -1.71. The monoisotopic (exact) mass is 281 g/mol. The van der Waals surface area contributed by atoms with Gasteiger partial charge in [0.05, 0.1) is 19.9 Å². The van der Waals surface area contributed by atoms with E-state index in [9.17, 15) is 4.21 Å². The first-order valence-electron chi connectivity index (χ1n) is 5.60. The molecule has 102 valence electrons. The molecule has 7 heteroatoms. The van der Waals surface area contributed by atoms with Crippen molar-refractivity contribution in [1.82, 2.24) is 9.78 Å². The molecule has 19 heavy (non-hydrogen) atoms. The lowest BCUT2D eigenvalue weighted by molar-refractivity contribution is 0.361. The summed E-state index contributed by atoms with van der Waals surface area (Å²) in [5.74, 6) is 5.76. The van der Waals surface area contributed by atoms with Gasteiger partial charge in [-0.2, -0.15) is 15.3 Å². The summed E-state index contributed by atoms with van der Waals surface area (Å²) >= 11 is -1.71. The largest absolute Gasteiger partial charge is 0.497 e. The van der Waals surface area contributed by atoms with Crippen LogP contribution in [-0.4, -0.2) is 21.1 Å². The molecule has 0 saturated carbocycles. The number of nitrogens with zero attached hydrogens (tertiary/aromatic N) is 2. The van der Waals surface area contributed by atoms with Crippen molar-refractivity contribution in [1.29, 1.82) is 0 Å². The van der Waals surface area contributed by atoms with Crippen LogP contribution in [0.1, 0.15) is 11.1 Å². The second kappa shape index (κ2) is 5.96. The summed E-state index contributed by atoms with van der Waals surface area (Å²) in [4.78, 5) is 0. The van der Waals surface area contributed by atoms with Crippen molar-refractivity contribution < 1.29 is 13.2 Å². The first-order valence-corrected chi connectivity index (χ1v) is 6.67. The van der Waals surface area contributed by atoms with E-state index in [1.165, 1.54) is 0 Å². The zero-order valence-electron chi connectivity index (χ0n) is 10.7. The predicted molar refractivity (Wildman–Crippen MR) is 70.7 cm³/mol. The third-order valence-electron chi connectivity index (χ3n) is 2.70. The first kappa shape index (κ1) is 13.7. The molecule has 0 aliphatic rings. The van der Waals surface area contributed by atoms with Crippen molar-refractivity contribution in [3.8, 4) is 5.75 Å². The molecular formula is C12H15N3O3S. The summed E-state index contributed by atoms with van der Waals surface area (Å²) in [7, 11) is 1.62. The molecule has 1 atom stereocenters. The van der Waals surface area contributed by atoms with Crippen molar-refractivity contribution in [2.24, 2.45) is 5.90 Å². The number of ether oxygens (including phenoxy) is 1. The number of hydrogen-bond donors (Lipinski definition) is 1. The van der Waals surface area contributed by atoms with E-state index in [0.717, 1.165) is 16.9 Å². The Balaban J connectivity index is 2.25. The molecule has 0 saturated heterocycles. The minimum Gasteiger partial charge on any atom is -0.497 e. The zero-order valence-corrected chi connectivity index (χ0v) is 11.5. The second-order valence-electron chi connectivity index (χ2n) is 3.97. The summed E-state index contributed by atoms with van der Waals surface area (Å²) in [6.45, 7) is 2.30. The van der Waals surface area contributed by atoms with Crippen molar-refractivity contribution in [2.75, 3.05) is 7.11 Å². The van der Waals surface area contributed by atoms with Gasteiger partial charge in [-0.05, 0) is 24.6 Å². The van der Waals surface area contributed by atoms with E-state index in [4.69, 9.17) is 10.6 Å². The molecule has 1 heterocycles. The van der Waals surface area contributed by atoms with Gasteiger partial charge in [0, 0.05) is 5.56 Å². The van der Waals surface area contributed by atoms with E-state index in [1.54, 1.807) is 18.0 Å². The van der Waals surface area contributed by atoms with E-state index in [0.29, 0.717) is 11.6 Å². The Morgan fingerprint density at radius 3 is 2.63 bits per heavy atom. The summed E-state index contributed by atoms with van der Waals surface area (Å²) in [5, 5.41) is 4.65. The summed E-state index contributed by atoms with van der Waals surface area (Å²) in [6.07, 6.45) is 1.63. The fourth-order valence-electron chi connectivity index (χ4n) is 1.75. The topological polar surface area (TPSA) is 79.4 Å². The molecule has 0 radical (unpaired) electrons. The molecule has 0 aliphatic carbocycles. The molecule has 0 bridgehead atoms. The van der Waals surface area contributed by atoms with Gasteiger partial charge < -0.3 is 4.74 Å². The highest BCUT2D eigenvalue weighted by molar-refractivity contribution is 7.80. The maximum absolute atomic E-state index is 11.7. The fourth-order valence-corrected chi connectivity index (χ4v) is 2.44. The predicted octanol–water partition coefficient (Wildman–Crippen LogP) is 1.16. The average molecular weight is 281 g/mol. The van der Waals surface area contributed by atoms with Gasteiger partial charge in [-0.25, -0.2) is 8.89 Å². The molecule has 6 nitrogen and oxygen atoms in total. The third kappa shape index (κ3) is 3.01. The number of methoxy groups -OCH3 is 1. The highest BCUT2D eigenvalue weighted by Gasteiger charge is 2.15. The van der Waals surface area contributed by atoms with Crippen molar-refractivity contribution in [2.45, 2.75) is 18.5 Å². The van der Waals surface area contributed by atoms with Crippen LogP contribution < -0.4 is 10.6 Å². The molecule has 1 aromatic carbocycles.